The van der Waals surface area contributed by atoms with Gasteiger partial charge in [0.25, 0.3) is 0 Å². The van der Waals surface area contributed by atoms with Gasteiger partial charge in [0.15, 0.2) is 11.5 Å². The molecule has 0 bridgehead atoms. The van der Waals surface area contributed by atoms with Gasteiger partial charge >= 0.3 is 0 Å². The van der Waals surface area contributed by atoms with Crippen LogP contribution < -0.4 is 15.2 Å². The zero-order valence-corrected chi connectivity index (χ0v) is 9.13. The van der Waals surface area contributed by atoms with Gasteiger partial charge in [0.05, 0.1) is 13.2 Å². The SMILES string of the molecule is COc1cc(C)c(N)cc1OC(C)C. The summed E-state index contributed by atoms with van der Waals surface area (Å²) < 4.78 is 10.8. The van der Waals surface area contributed by atoms with Crippen molar-refractivity contribution in [1.29, 1.82) is 0 Å². The highest BCUT2D eigenvalue weighted by Crippen LogP contribution is 2.32. The maximum absolute atomic E-state index is 5.78. The highest BCUT2D eigenvalue weighted by molar-refractivity contribution is 5.57. The van der Waals surface area contributed by atoms with Gasteiger partial charge in [-0.05, 0) is 32.4 Å². The Morgan fingerprint density at radius 2 is 1.86 bits per heavy atom. The Bertz CT molecular complexity index is 321. The molecule has 0 aliphatic heterocycles. The van der Waals surface area contributed by atoms with Gasteiger partial charge in [0, 0.05) is 11.8 Å². The normalized spacial score (nSPS) is 10.4. The van der Waals surface area contributed by atoms with E-state index in [-0.39, 0.29) is 6.10 Å². The molecular weight excluding hydrogens is 178 g/mol. The van der Waals surface area contributed by atoms with E-state index in [1.807, 2.05) is 26.8 Å². The highest BCUT2D eigenvalue weighted by Gasteiger charge is 2.08. The molecule has 1 aromatic carbocycles. The lowest BCUT2D eigenvalue weighted by Crippen LogP contribution is -2.07. The molecule has 78 valence electrons. The van der Waals surface area contributed by atoms with E-state index < -0.39 is 0 Å². The molecule has 2 N–H and O–H groups in total. The molecule has 0 aromatic heterocycles. The predicted octanol–water partition coefficient (Wildman–Crippen LogP) is 2.37. The number of rotatable bonds is 3. The molecule has 0 heterocycles. The smallest absolute Gasteiger partial charge is 0.163 e. The number of methoxy groups -OCH3 is 1. The first kappa shape index (κ1) is 10.7. The van der Waals surface area contributed by atoms with Crippen molar-refractivity contribution >= 4 is 5.69 Å². The van der Waals surface area contributed by atoms with Crippen molar-refractivity contribution in [3.63, 3.8) is 0 Å². The van der Waals surface area contributed by atoms with Crippen LogP contribution in [0.15, 0.2) is 12.1 Å². The van der Waals surface area contributed by atoms with Crippen LogP contribution in [0.3, 0.4) is 0 Å². The number of aryl methyl sites for hydroxylation is 1. The van der Waals surface area contributed by atoms with Crippen LogP contribution in [0.25, 0.3) is 0 Å². The molecular formula is C11H17NO2. The Morgan fingerprint density at radius 1 is 1.21 bits per heavy atom. The van der Waals surface area contributed by atoms with Crippen LogP contribution in [-0.4, -0.2) is 13.2 Å². The van der Waals surface area contributed by atoms with Crippen LogP contribution in [0, 0.1) is 6.92 Å². The summed E-state index contributed by atoms with van der Waals surface area (Å²) in [4.78, 5) is 0. The van der Waals surface area contributed by atoms with Crippen molar-refractivity contribution in [1.82, 2.24) is 0 Å². The summed E-state index contributed by atoms with van der Waals surface area (Å²) in [6.45, 7) is 5.88. The van der Waals surface area contributed by atoms with Crippen LogP contribution in [0.5, 0.6) is 11.5 Å². The van der Waals surface area contributed by atoms with E-state index in [1.54, 1.807) is 13.2 Å². The Labute approximate surface area is 84.8 Å². The average Bonchev–Trinajstić information content (AvgIpc) is 2.10. The fourth-order valence-corrected chi connectivity index (χ4v) is 1.18. The summed E-state index contributed by atoms with van der Waals surface area (Å²) in [5.74, 6) is 1.43. The largest absolute Gasteiger partial charge is 0.493 e. The van der Waals surface area contributed by atoms with E-state index in [4.69, 9.17) is 15.2 Å². The zero-order chi connectivity index (χ0) is 10.7. The summed E-state index contributed by atoms with van der Waals surface area (Å²) in [5.41, 5.74) is 7.51. The second-order valence-electron chi connectivity index (χ2n) is 3.53. The van der Waals surface area contributed by atoms with Gasteiger partial charge in [0.1, 0.15) is 0 Å². The quantitative estimate of drug-likeness (QED) is 0.753. The summed E-state index contributed by atoms with van der Waals surface area (Å²) in [7, 11) is 1.62. The first-order valence-electron chi connectivity index (χ1n) is 4.65. The van der Waals surface area contributed by atoms with Gasteiger partial charge in [-0.25, -0.2) is 0 Å². The van der Waals surface area contributed by atoms with Gasteiger partial charge < -0.3 is 15.2 Å². The highest BCUT2D eigenvalue weighted by atomic mass is 16.5. The van der Waals surface area contributed by atoms with Gasteiger partial charge in [-0.3, -0.25) is 0 Å². The van der Waals surface area contributed by atoms with E-state index in [2.05, 4.69) is 0 Å². The molecule has 0 saturated heterocycles. The van der Waals surface area contributed by atoms with Gasteiger partial charge in [-0.1, -0.05) is 0 Å². The number of benzene rings is 1. The molecule has 0 saturated carbocycles. The topological polar surface area (TPSA) is 44.5 Å². The molecule has 1 rings (SSSR count). The van der Waals surface area contributed by atoms with Crippen molar-refractivity contribution < 1.29 is 9.47 Å². The molecule has 1 aromatic rings. The van der Waals surface area contributed by atoms with Crippen LogP contribution in [0.4, 0.5) is 5.69 Å². The molecule has 0 aliphatic carbocycles. The summed E-state index contributed by atoms with van der Waals surface area (Å²) >= 11 is 0. The first-order chi connectivity index (χ1) is 6.54. The minimum atomic E-state index is 0.117. The number of anilines is 1. The molecule has 0 radical (unpaired) electrons. The van der Waals surface area contributed by atoms with Gasteiger partial charge in [-0.2, -0.15) is 0 Å². The fourth-order valence-electron chi connectivity index (χ4n) is 1.18. The molecule has 0 unspecified atom stereocenters. The second-order valence-corrected chi connectivity index (χ2v) is 3.53. The number of nitrogens with two attached hydrogens (primary N) is 1. The van der Waals surface area contributed by atoms with Crippen LogP contribution in [0.1, 0.15) is 19.4 Å². The molecule has 0 amide bonds. The molecule has 0 spiro atoms. The van der Waals surface area contributed by atoms with Crippen molar-refractivity contribution in [2.75, 3.05) is 12.8 Å². The predicted molar refractivity (Wildman–Crippen MR) is 57.9 cm³/mol. The summed E-state index contributed by atoms with van der Waals surface area (Å²) in [6, 6.07) is 3.68. The van der Waals surface area contributed by atoms with E-state index >= 15 is 0 Å². The Morgan fingerprint density at radius 3 is 2.36 bits per heavy atom. The Hall–Kier alpha value is -1.38. The van der Waals surface area contributed by atoms with E-state index in [0.29, 0.717) is 5.75 Å². The fraction of sp³-hybridized carbons (Fsp3) is 0.455. The minimum Gasteiger partial charge on any atom is -0.493 e. The number of nitrogen functional groups attached to an aromatic ring is 1. The maximum atomic E-state index is 5.78. The number of hydrogen-bond acceptors (Lipinski definition) is 3. The third kappa shape index (κ3) is 2.31. The number of ether oxygens (including phenoxy) is 2. The van der Waals surface area contributed by atoms with Crippen molar-refractivity contribution in [2.45, 2.75) is 26.9 Å². The van der Waals surface area contributed by atoms with Crippen LogP contribution >= 0.6 is 0 Å². The molecule has 0 atom stereocenters. The molecule has 3 heteroatoms. The Kier molecular flexibility index (Phi) is 3.23. The van der Waals surface area contributed by atoms with Crippen molar-refractivity contribution in [3.8, 4) is 11.5 Å². The van der Waals surface area contributed by atoms with Crippen molar-refractivity contribution in [3.05, 3.63) is 17.7 Å². The lowest BCUT2D eigenvalue weighted by atomic mass is 10.2. The summed E-state index contributed by atoms with van der Waals surface area (Å²) in [5, 5.41) is 0. The molecule has 0 fully saturated rings. The summed E-state index contributed by atoms with van der Waals surface area (Å²) in [6.07, 6.45) is 0.117. The monoisotopic (exact) mass is 195 g/mol. The third-order valence-electron chi connectivity index (χ3n) is 1.91. The van der Waals surface area contributed by atoms with Crippen LogP contribution in [-0.2, 0) is 0 Å². The zero-order valence-electron chi connectivity index (χ0n) is 9.13. The maximum Gasteiger partial charge on any atom is 0.163 e. The molecule has 14 heavy (non-hydrogen) atoms. The number of hydrogen-bond donors (Lipinski definition) is 1. The minimum absolute atomic E-state index is 0.117. The first-order valence-corrected chi connectivity index (χ1v) is 4.65. The van der Waals surface area contributed by atoms with Crippen LogP contribution in [0.2, 0.25) is 0 Å². The standard InChI is InChI=1S/C11H17NO2/c1-7(2)14-11-6-9(12)8(3)5-10(11)13-4/h5-7H,12H2,1-4H3. The van der Waals surface area contributed by atoms with E-state index in [9.17, 15) is 0 Å². The lowest BCUT2D eigenvalue weighted by Gasteiger charge is -2.15. The van der Waals surface area contributed by atoms with Gasteiger partial charge in [-0.15, -0.1) is 0 Å². The third-order valence-corrected chi connectivity index (χ3v) is 1.91. The second kappa shape index (κ2) is 4.22. The Balaban J connectivity index is 3.07. The van der Waals surface area contributed by atoms with E-state index in [0.717, 1.165) is 17.0 Å². The lowest BCUT2D eigenvalue weighted by molar-refractivity contribution is 0.230. The van der Waals surface area contributed by atoms with Gasteiger partial charge in [0.2, 0.25) is 0 Å². The molecule has 0 aliphatic rings. The van der Waals surface area contributed by atoms with Crippen molar-refractivity contribution in [2.24, 2.45) is 0 Å². The average molecular weight is 195 g/mol. The molecule has 3 nitrogen and oxygen atoms in total. The van der Waals surface area contributed by atoms with E-state index in [1.165, 1.54) is 0 Å².